The third-order valence-electron chi connectivity index (χ3n) is 3.64. The zero-order valence-corrected chi connectivity index (χ0v) is 10.1. The van der Waals surface area contributed by atoms with Gasteiger partial charge in [-0.2, -0.15) is 0 Å². The second-order valence-corrected chi connectivity index (χ2v) is 4.79. The van der Waals surface area contributed by atoms with Crippen molar-refractivity contribution in [3.63, 3.8) is 0 Å². The van der Waals surface area contributed by atoms with Crippen molar-refractivity contribution in [2.45, 2.75) is 0 Å². The fourth-order valence-electron chi connectivity index (χ4n) is 2.69. The molecular formula is C15H13N3. The highest BCUT2D eigenvalue weighted by Crippen LogP contribution is 2.33. The zero-order valence-electron chi connectivity index (χ0n) is 10.1. The molecule has 1 aromatic carbocycles. The molecule has 0 fully saturated rings. The van der Waals surface area contributed by atoms with Gasteiger partial charge in [0.15, 0.2) is 0 Å². The molecule has 1 N–H and O–H groups in total. The predicted octanol–water partition coefficient (Wildman–Crippen LogP) is 3.18. The Labute approximate surface area is 105 Å². The number of nitrogens with zero attached hydrogens (tertiary/aromatic N) is 2. The van der Waals surface area contributed by atoms with Crippen LogP contribution < -0.4 is 4.90 Å². The van der Waals surface area contributed by atoms with Gasteiger partial charge in [-0.1, -0.05) is 12.2 Å². The van der Waals surface area contributed by atoms with Gasteiger partial charge in [0.1, 0.15) is 0 Å². The van der Waals surface area contributed by atoms with Crippen LogP contribution >= 0.6 is 0 Å². The molecule has 1 aliphatic heterocycles. The fourth-order valence-corrected chi connectivity index (χ4v) is 2.69. The van der Waals surface area contributed by atoms with E-state index in [4.69, 9.17) is 0 Å². The summed E-state index contributed by atoms with van der Waals surface area (Å²) in [6.07, 6.45) is 8.14. The normalized spacial score (nSPS) is 14.4. The fraction of sp³-hybridized carbons (Fsp3) is 0.133. The highest BCUT2D eigenvalue weighted by atomic mass is 15.1. The first-order chi connectivity index (χ1) is 8.83. The van der Waals surface area contributed by atoms with Crippen LogP contribution in [0.3, 0.4) is 0 Å². The molecule has 3 nitrogen and oxygen atoms in total. The minimum absolute atomic E-state index is 0.973. The molecule has 3 heteroatoms. The minimum Gasteiger partial charge on any atom is -0.370 e. The van der Waals surface area contributed by atoms with Crippen LogP contribution in [0.1, 0.15) is 5.56 Å². The van der Waals surface area contributed by atoms with E-state index in [-0.39, 0.29) is 0 Å². The first-order valence-corrected chi connectivity index (χ1v) is 6.10. The predicted molar refractivity (Wildman–Crippen MR) is 75.9 cm³/mol. The Balaban J connectivity index is 2.14. The van der Waals surface area contributed by atoms with Gasteiger partial charge < -0.3 is 9.88 Å². The van der Waals surface area contributed by atoms with Crippen molar-refractivity contribution >= 4 is 33.6 Å². The van der Waals surface area contributed by atoms with Crippen LogP contribution in [0.4, 0.5) is 5.69 Å². The van der Waals surface area contributed by atoms with E-state index in [0.29, 0.717) is 0 Å². The van der Waals surface area contributed by atoms with Crippen molar-refractivity contribution in [1.29, 1.82) is 0 Å². The van der Waals surface area contributed by atoms with E-state index in [1.165, 1.54) is 27.5 Å². The van der Waals surface area contributed by atoms with Crippen LogP contribution in [-0.4, -0.2) is 23.6 Å². The molecule has 0 spiro atoms. The maximum Gasteiger partial charge on any atom is 0.0495 e. The Hall–Kier alpha value is -2.29. The molecule has 0 radical (unpaired) electrons. The number of anilines is 1. The lowest BCUT2D eigenvalue weighted by Crippen LogP contribution is -2.20. The van der Waals surface area contributed by atoms with E-state index in [1.54, 1.807) is 0 Å². The lowest BCUT2D eigenvalue weighted by Gasteiger charge is -2.23. The van der Waals surface area contributed by atoms with E-state index in [1.807, 2.05) is 18.5 Å². The van der Waals surface area contributed by atoms with E-state index in [2.05, 4.69) is 46.2 Å². The van der Waals surface area contributed by atoms with E-state index in [9.17, 15) is 0 Å². The summed E-state index contributed by atoms with van der Waals surface area (Å²) < 4.78 is 0. The molecule has 0 saturated carbocycles. The van der Waals surface area contributed by atoms with Gasteiger partial charge in [-0.05, 0) is 23.8 Å². The van der Waals surface area contributed by atoms with Crippen molar-refractivity contribution in [2.24, 2.45) is 0 Å². The van der Waals surface area contributed by atoms with Gasteiger partial charge in [0.2, 0.25) is 0 Å². The van der Waals surface area contributed by atoms with E-state index < -0.39 is 0 Å². The molecule has 0 aliphatic carbocycles. The number of hydrogen-bond acceptors (Lipinski definition) is 2. The summed E-state index contributed by atoms with van der Waals surface area (Å²) in [6.45, 7) is 0.973. The lowest BCUT2D eigenvalue weighted by molar-refractivity contribution is 1.02. The van der Waals surface area contributed by atoms with Crippen molar-refractivity contribution in [2.75, 3.05) is 18.5 Å². The van der Waals surface area contributed by atoms with E-state index >= 15 is 0 Å². The average Bonchev–Trinajstić information content (AvgIpc) is 2.75. The number of aromatic nitrogens is 2. The Morgan fingerprint density at radius 1 is 1.22 bits per heavy atom. The second kappa shape index (κ2) is 3.35. The minimum atomic E-state index is 0.973. The summed E-state index contributed by atoms with van der Waals surface area (Å²) in [4.78, 5) is 9.93. The third-order valence-corrected chi connectivity index (χ3v) is 3.64. The quantitative estimate of drug-likeness (QED) is 0.649. The molecule has 18 heavy (non-hydrogen) atoms. The topological polar surface area (TPSA) is 31.9 Å². The molecule has 88 valence electrons. The summed E-state index contributed by atoms with van der Waals surface area (Å²) in [6, 6.07) is 6.50. The first-order valence-electron chi connectivity index (χ1n) is 6.10. The van der Waals surface area contributed by atoms with Crippen molar-refractivity contribution in [1.82, 2.24) is 9.97 Å². The smallest absolute Gasteiger partial charge is 0.0495 e. The van der Waals surface area contributed by atoms with Crippen LogP contribution in [0.2, 0.25) is 0 Å². The van der Waals surface area contributed by atoms with Gasteiger partial charge in [-0.3, -0.25) is 4.98 Å². The maximum absolute atomic E-state index is 4.21. The lowest BCUT2D eigenvalue weighted by atomic mass is 10.0. The highest BCUT2D eigenvalue weighted by Gasteiger charge is 2.13. The van der Waals surface area contributed by atoms with Gasteiger partial charge >= 0.3 is 0 Å². The highest BCUT2D eigenvalue weighted by molar-refractivity contribution is 6.08. The Kier molecular flexibility index (Phi) is 1.81. The molecular weight excluding hydrogens is 222 g/mol. The molecule has 0 saturated heterocycles. The number of H-pyrrole nitrogens is 1. The number of pyridine rings is 1. The standard InChI is InChI=1S/C15H13N3/c1-18-6-2-3-10-7-11-12-9-16-5-4-13(12)17-14(11)8-15(10)18/h2-5,7-9,17H,6H2,1H3. The first kappa shape index (κ1) is 9.71. The number of benzene rings is 1. The summed E-state index contributed by atoms with van der Waals surface area (Å²) in [5, 5.41) is 2.44. The number of hydrogen-bond donors (Lipinski definition) is 1. The van der Waals surface area contributed by atoms with Crippen LogP contribution in [0.15, 0.2) is 36.7 Å². The number of likely N-dealkylation sites (N-methyl/N-ethyl adjacent to an activating group) is 1. The van der Waals surface area contributed by atoms with Crippen molar-refractivity contribution in [3.8, 4) is 0 Å². The monoisotopic (exact) mass is 235 g/mol. The summed E-state index contributed by atoms with van der Waals surface area (Å²) >= 11 is 0. The molecule has 2 aromatic heterocycles. The zero-order chi connectivity index (χ0) is 12.1. The number of fused-ring (bicyclic) bond motifs is 4. The maximum atomic E-state index is 4.21. The molecule has 0 unspecified atom stereocenters. The molecule has 4 rings (SSSR count). The van der Waals surface area contributed by atoms with Crippen LogP contribution in [0.25, 0.3) is 27.9 Å². The van der Waals surface area contributed by atoms with Crippen LogP contribution in [0, 0.1) is 0 Å². The molecule has 0 atom stereocenters. The van der Waals surface area contributed by atoms with Crippen LogP contribution in [-0.2, 0) is 0 Å². The summed E-state index contributed by atoms with van der Waals surface area (Å²) in [7, 11) is 2.12. The Morgan fingerprint density at radius 2 is 2.17 bits per heavy atom. The van der Waals surface area contributed by atoms with Gasteiger partial charge in [0.25, 0.3) is 0 Å². The van der Waals surface area contributed by atoms with Gasteiger partial charge in [-0.15, -0.1) is 0 Å². The SMILES string of the molecule is CN1CC=Cc2cc3c(cc21)[nH]c1ccncc13. The molecule has 3 aromatic rings. The summed E-state index contributed by atoms with van der Waals surface area (Å²) in [5.41, 5.74) is 4.89. The molecule has 1 aliphatic rings. The Bertz CT molecular complexity index is 783. The number of rotatable bonds is 0. The molecule has 3 heterocycles. The van der Waals surface area contributed by atoms with Crippen molar-refractivity contribution < 1.29 is 0 Å². The molecule has 0 amide bonds. The number of aromatic amines is 1. The number of nitrogens with one attached hydrogen (secondary N) is 1. The van der Waals surface area contributed by atoms with Gasteiger partial charge in [0, 0.05) is 53.5 Å². The second-order valence-electron chi connectivity index (χ2n) is 4.79. The Morgan fingerprint density at radius 3 is 3.11 bits per heavy atom. The van der Waals surface area contributed by atoms with Gasteiger partial charge in [-0.25, -0.2) is 0 Å². The molecule has 0 bridgehead atoms. The summed E-state index contributed by atoms with van der Waals surface area (Å²) in [5.74, 6) is 0. The van der Waals surface area contributed by atoms with Gasteiger partial charge in [0.05, 0.1) is 0 Å². The third kappa shape index (κ3) is 1.21. The average molecular weight is 235 g/mol. The van der Waals surface area contributed by atoms with Crippen LogP contribution in [0.5, 0.6) is 0 Å². The largest absolute Gasteiger partial charge is 0.370 e. The van der Waals surface area contributed by atoms with E-state index in [0.717, 1.165) is 12.1 Å². The van der Waals surface area contributed by atoms with Crippen molar-refractivity contribution in [3.05, 3.63) is 42.2 Å².